The van der Waals surface area contributed by atoms with Gasteiger partial charge in [0.15, 0.2) is 0 Å². The molecule has 0 aliphatic carbocycles. The Morgan fingerprint density at radius 3 is 1.96 bits per heavy atom. The second kappa shape index (κ2) is 8.37. The SMILES string of the molecule is CCOC(=O)C(CC)(C(=O)OCC)c1cnc(-c2ccccc2)cn1. The summed E-state index contributed by atoms with van der Waals surface area (Å²) in [4.78, 5) is 33.9. The predicted molar refractivity (Wildman–Crippen MR) is 92.7 cm³/mol. The lowest BCUT2D eigenvalue weighted by molar-refractivity contribution is -0.165. The minimum Gasteiger partial charge on any atom is -0.465 e. The van der Waals surface area contributed by atoms with Crippen LogP contribution in [0, 0.1) is 0 Å². The topological polar surface area (TPSA) is 78.4 Å². The Kier molecular flexibility index (Phi) is 6.22. The van der Waals surface area contributed by atoms with Crippen molar-refractivity contribution in [3.8, 4) is 11.3 Å². The number of nitrogens with zero attached hydrogens (tertiary/aromatic N) is 2. The fourth-order valence-corrected chi connectivity index (χ4v) is 2.58. The van der Waals surface area contributed by atoms with E-state index in [9.17, 15) is 9.59 Å². The molecule has 0 amide bonds. The average molecular weight is 342 g/mol. The van der Waals surface area contributed by atoms with E-state index in [1.165, 1.54) is 6.20 Å². The van der Waals surface area contributed by atoms with Gasteiger partial charge >= 0.3 is 11.9 Å². The third kappa shape index (κ3) is 3.68. The third-order valence-corrected chi connectivity index (χ3v) is 3.94. The first-order chi connectivity index (χ1) is 12.1. The first kappa shape index (κ1) is 18.6. The van der Waals surface area contributed by atoms with E-state index in [4.69, 9.17) is 9.47 Å². The number of hydrogen-bond donors (Lipinski definition) is 0. The van der Waals surface area contributed by atoms with Gasteiger partial charge in [0, 0.05) is 5.56 Å². The first-order valence-electron chi connectivity index (χ1n) is 8.32. The van der Waals surface area contributed by atoms with Crippen molar-refractivity contribution in [2.45, 2.75) is 32.6 Å². The molecule has 1 aromatic heterocycles. The maximum absolute atomic E-state index is 12.6. The van der Waals surface area contributed by atoms with E-state index >= 15 is 0 Å². The standard InChI is InChI=1S/C19H22N2O4/c1-4-19(17(22)24-5-2,18(23)25-6-3)16-13-20-15(12-21-16)14-10-8-7-9-11-14/h7-13H,4-6H2,1-3H3. The highest BCUT2D eigenvalue weighted by Gasteiger charge is 2.50. The maximum atomic E-state index is 12.6. The molecular weight excluding hydrogens is 320 g/mol. The van der Waals surface area contributed by atoms with Gasteiger partial charge < -0.3 is 9.47 Å². The summed E-state index contributed by atoms with van der Waals surface area (Å²) in [7, 11) is 0. The van der Waals surface area contributed by atoms with Crippen LogP contribution < -0.4 is 0 Å². The van der Waals surface area contributed by atoms with Gasteiger partial charge in [0.05, 0.1) is 37.0 Å². The second-order valence-electron chi connectivity index (χ2n) is 5.35. The van der Waals surface area contributed by atoms with E-state index in [0.717, 1.165) is 5.56 Å². The molecule has 25 heavy (non-hydrogen) atoms. The van der Waals surface area contributed by atoms with E-state index in [1.54, 1.807) is 27.0 Å². The fraction of sp³-hybridized carbons (Fsp3) is 0.368. The summed E-state index contributed by atoms with van der Waals surface area (Å²) in [6.45, 7) is 5.42. The lowest BCUT2D eigenvalue weighted by Crippen LogP contribution is -2.46. The average Bonchev–Trinajstić information content (AvgIpc) is 2.64. The van der Waals surface area contributed by atoms with Gasteiger partial charge in [-0.3, -0.25) is 19.6 Å². The molecule has 0 aliphatic rings. The number of carbonyl (C=O) groups is 2. The predicted octanol–water partition coefficient (Wildman–Crippen LogP) is 2.92. The Labute approximate surface area is 147 Å². The van der Waals surface area contributed by atoms with E-state index < -0.39 is 17.4 Å². The zero-order valence-corrected chi connectivity index (χ0v) is 14.7. The van der Waals surface area contributed by atoms with Crippen LogP contribution in [0.15, 0.2) is 42.7 Å². The molecular formula is C19H22N2O4. The lowest BCUT2D eigenvalue weighted by atomic mass is 9.81. The molecule has 0 radical (unpaired) electrons. The second-order valence-corrected chi connectivity index (χ2v) is 5.35. The van der Waals surface area contributed by atoms with Crippen molar-refractivity contribution < 1.29 is 19.1 Å². The van der Waals surface area contributed by atoms with Gasteiger partial charge in [0.1, 0.15) is 0 Å². The van der Waals surface area contributed by atoms with E-state index in [2.05, 4.69) is 9.97 Å². The van der Waals surface area contributed by atoms with Gasteiger partial charge in [0.25, 0.3) is 0 Å². The molecule has 6 heteroatoms. The van der Waals surface area contributed by atoms with Crippen molar-refractivity contribution in [2.24, 2.45) is 0 Å². The van der Waals surface area contributed by atoms with Crippen LogP contribution in [0.1, 0.15) is 32.9 Å². The number of rotatable bonds is 7. The molecule has 6 nitrogen and oxygen atoms in total. The van der Waals surface area contributed by atoms with Crippen molar-refractivity contribution in [2.75, 3.05) is 13.2 Å². The van der Waals surface area contributed by atoms with Crippen LogP contribution in [0.2, 0.25) is 0 Å². The summed E-state index contributed by atoms with van der Waals surface area (Å²) in [5, 5.41) is 0. The van der Waals surface area contributed by atoms with E-state index in [1.807, 2.05) is 30.3 Å². The molecule has 0 fully saturated rings. The normalized spacial score (nSPS) is 11.0. The van der Waals surface area contributed by atoms with E-state index in [0.29, 0.717) is 5.69 Å². The Morgan fingerprint density at radius 1 is 0.920 bits per heavy atom. The van der Waals surface area contributed by atoms with Gasteiger partial charge in [-0.15, -0.1) is 0 Å². The number of carbonyl (C=O) groups excluding carboxylic acids is 2. The molecule has 0 atom stereocenters. The summed E-state index contributed by atoms with van der Waals surface area (Å²) < 4.78 is 10.3. The van der Waals surface area contributed by atoms with Crippen molar-refractivity contribution in [3.63, 3.8) is 0 Å². The Hall–Kier alpha value is -2.76. The molecule has 0 spiro atoms. The molecule has 2 aromatic rings. The monoisotopic (exact) mass is 342 g/mol. The summed E-state index contributed by atoms with van der Waals surface area (Å²) in [5.41, 5.74) is 0.179. The lowest BCUT2D eigenvalue weighted by Gasteiger charge is -2.27. The van der Waals surface area contributed by atoms with Crippen molar-refractivity contribution in [1.29, 1.82) is 0 Å². The molecule has 1 aromatic carbocycles. The highest BCUT2D eigenvalue weighted by atomic mass is 16.6. The quantitative estimate of drug-likeness (QED) is 0.569. The van der Waals surface area contributed by atoms with Crippen molar-refractivity contribution in [1.82, 2.24) is 9.97 Å². The maximum Gasteiger partial charge on any atom is 0.329 e. The van der Waals surface area contributed by atoms with Gasteiger partial charge in [-0.2, -0.15) is 0 Å². The van der Waals surface area contributed by atoms with Crippen LogP contribution in [-0.4, -0.2) is 35.1 Å². The number of ether oxygens (including phenoxy) is 2. The van der Waals surface area contributed by atoms with Crippen LogP contribution in [-0.2, 0) is 24.5 Å². The van der Waals surface area contributed by atoms with Crippen LogP contribution in [0.5, 0.6) is 0 Å². The largest absolute Gasteiger partial charge is 0.465 e. The minimum absolute atomic E-state index is 0.162. The molecule has 0 saturated carbocycles. The van der Waals surface area contributed by atoms with Gasteiger partial charge in [-0.1, -0.05) is 37.3 Å². The Balaban J connectivity index is 2.46. The van der Waals surface area contributed by atoms with Crippen LogP contribution in [0.4, 0.5) is 0 Å². The fourth-order valence-electron chi connectivity index (χ4n) is 2.58. The molecule has 0 unspecified atom stereocenters. The molecule has 0 saturated heterocycles. The summed E-state index contributed by atoms with van der Waals surface area (Å²) in [6, 6.07) is 9.53. The molecule has 132 valence electrons. The highest BCUT2D eigenvalue weighted by Crippen LogP contribution is 2.30. The minimum atomic E-state index is -1.60. The molecule has 0 N–H and O–H groups in total. The van der Waals surface area contributed by atoms with Crippen molar-refractivity contribution in [3.05, 3.63) is 48.4 Å². The summed E-state index contributed by atoms with van der Waals surface area (Å²) in [6.07, 6.45) is 3.16. The zero-order chi connectivity index (χ0) is 18.3. The first-order valence-corrected chi connectivity index (χ1v) is 8.32. The number of benzene rings is 1. The number of aromatic nitrogens is 2. The van der Waals surface area contributed by atoms with Crippen LogP contribution in [0.25, 0.3) is 11.3 Å². The van der Waals surface area contributed by atoms with Crippen LogP contribution in [0.3, 0.4) is 0 Å². The Morgan fingerprint density at radius 2 is 1.52 bits per heavy atom. The molecule has 0 bridgehead atoms. The van der Waals surface area contributed by atoms with Gasteiger partial charge in [-0.25, -0.2) is 0 Å². The number of hydrogen-bond acceptors (Lipinski definition) is 6. The van der Waals surface area contributed by atoms with Gasteiger partial charge in [-0.05, 0) is 20.3 Å². The van der Waals surface area contributed by atoms with Gasteiger partial charge in [0.2, 0.25) is 5.41 Å². The Bertz CT molecular complexity index is 696. The number of esters is 2. The molecule has 1 heterocycles. The van der Waals surface area contributed by atoms with E-state index in [-0.39, 0.29) is 25.3 Å². The smallest absolute Gasteiger partial charge is 0.329 e. The third-order valence-electron chi connectivity index (χ3n) is 3.94. The van der Waals surface area contributed by atoms with Crippen LogP contribution >= 0.6 is 0 Å². The highest BCUT2D eigenvalue weighted by molar-refractivity contribution is 6.05. The summed E-state index contributed by atoms with van der Waals surface area (Å²) in [5.74, 6) is -1.34. The molecule has 0 aliphatic heterocycles. The molecule has 2 rings (SSSR count). The van der Waals surface area contributed by atoms with Crippen molar-refractivity contribution >= 4 is 11.9 Å². The summed E-state index contributed by atoms with van der Waals surface area (Å²) >= 11 is 0. The zero-order valence-electron chi connectivity index (χ0n) is 14.7.